The summed E-state index contributed by atoms with van der Waals surface area (Å²) >= 11 is 6.00. The molecule has 0 amide bonds. The van der Waals surface area contributed by atoms with Gasteiger partial charge < -0.3 is 4.84 Å². The van der Waals surface area contributed by atoms with Crippen molar-refractivity contribution >= 4 is 30.3 Å². The topological polar surface area (TPSA) is 24.8 Å². The van der Waals surface area contributed by atoms with E-state index in [9.17, 15) is 0 Å². The highest BCUT2D eigenvalue weighted by atomic mass is 35.5. The largest absolute Gasteiger partial charge is 0.367 e. The molecule has 2 atom stereocenters. The maximum atomic E-state index is 6.00. The van der Waals surface area contributed by atoms with E-state index in [1.807, 2.05) is 44.4 Å². The second kappa shape index (κ2) is 6.00. The van der Waals surface area contributed by atoms with Gasteiger partial charge in [0.1, 0.15) is 5.45 Å². The van der Waals surface area contributed by atoms with Crippen LogP contribution < -0.4 is 5.30 Å². The average molecular weight is 333 g/mol. The van der Waals surface area contributed by atoms with Gasteiger partial charge in [0.15, 0.2) is 0 Å². The third-order valence-corrected chi connectivity index (χ3v) is 7.02. The Bertz CT molecular complexity index is 688. The van der Waals surface area contributed by atoms with Crippen molar-refractivity contribution in [2.45, 2.75) is 12.4 Å². The Kier molecular flexibility index (Phi) is 4.22. The van der Waals surface area contributed by atoms with E-state index in [4.69, 9.17) is 16.4 Å². The van der Waals surface area contributed by atoms with E-state index in [2.05, 4.69) is 41.2 Å². The monoisotopic (exact) mass is 332 g/mol. The minimum absolute atomic E-state index is 0.453. The molecule has 0 saturated heterocycles. The summed E-state index contributed by atoms with van der Waals surface area (Å²) in [6.07, 6.45) is 0. The van der Waals surface area contributed by atoms with Gasteiger partial charge in [0.2, 0.25) is 5.47 Å². The summed E-state index contributed by atoms with van der Waals surface area (Å²) in [6, 6.07) is 18.2. The molecule has 0 fully saturated rings. The lowest BCUT2D eigenvalue weighted by molar-refractivity contribution is -0.0471. The number of hydrogen-bond donors (Lipinski definition) is 0. The van der Waals surface area contributed by atoms with Crippen LogP contribution in [0.5, 0.6) is 0 Å². The van der Waals surface area contributed by atoms with Crippen LogP contribution in [-0.4, -0.2) is 29.9 Å². The van der Waals surface area contributed by atoms with Crippen molar-refractivity contribution in [1.29, 1.82) is 0 Å². The van der Waals surface area contributed by atoms with E-state index < -0.39 is 13.4 Å². The lowest BCUT2D eigenvalue weighted by atomic mass is 10.2. The first-order valence-electron chi connectivity index (χ1n) is 7.07. The molecular weight excluding hydrogens is 315 g/mol. The van der Waals surface area contributed by atoms with Crippen molar-refractivity contribution in [3.63, 3.8) is 0 Å². The van der Waals surface area contributed by atoms with Crippen LogP contribution in [0.2, 0.25) is 5.02 Å². The highest BCUT2D eigenvalue weighted by molar-refractivity contribution is 7.83. The molecule has 22 heavy (non-hydrogen) atoms. The molecule has 3 nitrogen and oxygen atoms in total. The van der Waals surface area contributed by atoms with Crippen LogP contribution in [0.4, 0.5) is 0 Å². The zero-order valence-corrected chi connectivity index (χ0v) is 14.5. The number of halogens is 1. The number of rotatable bonds is 3. The SMILES string of the molecule is CN(C)[C@]1(C)ON=C(c2ccc(Cl)cc2)[P@]1c1ccccc1. The predicted octanol–water partition coefficient (Wildman–Crippen LogP) is 4.07. The summed E-state index contributed by atoms with van der Waals surface area (Å²) in [5.74, 6) is 0. The third kappa shape index (κ3) is 2.65. The van der Waals surface area contributed by atoms with Gasteiger partial charge in [0.05, 0.1) is 0 Å². The summed E-state index contributed by atoms with van der Waals surface area (Å²) in [4.78, 5) is 7.97. The highest BCUT2D eigenvalue weighted by Crippen LogP contribution is 2.57. The van der Waals surface area contributed by atoms with Gasteiger partial charge in [0.25, 0.3) is 0 Å². The quantitative estimate of drug-likeness (QED) is 0.791. The van der Waals surface area contributed by atoms with Crippen LogP contribution in [-0.2, 0) is 4.84 Å². The standard InChI is InChI=1S/C17H18ClN2OP/c1-17(20(2)3)21-19-16(13-9-11-14(18)12-10-13)22(17)15-7-5-4-6-8-15/h4-12H,1-3H3/t17-,22+/m1/s1. The fraction of sp³-hybridized carbons (Fsp3) is 0.235. The minimum Gasteiger partial charge on any atom is -0.367 e. The van der Waals surface area contributed by atoms with Crippen molar-refractivity contribution < 1.29 is 4.84 Å². The Morgan fingerprint density at radius 1 is 1.05 bits per heavy atom. The van der Waals surface area contributed by atoms with E-state index in [0.29, 0.717) is 0 Å². The Hall–Kier alpha value is -1.41. The molecule has 3 rings (SSSR count). The van der Waals surface area contributed by atoms with Crippen molar-refractivity contribution in [2.24, 2.45) is 5.16 Å². The Morgan fingerprint density at radius 2 is 1.68 bits per heavy atom. The Morgan fingerprint density at radius 3 is 2.27 bits per heavy atom. The van der Waals surface area contributed by atoms with Crippen molar-refractivity contribution in [3.05, 3.63) is 65.2 Å². The number of benzene rings is 2. The molecule has 0 radical (unpaired) electrons. The lowest BCUT2D eigenvalue weighted by Gasteiger charge is -2.35. The second-order valence-corrected chi connectivity index (χ2v) is 8.39. The van der Waals surface area contributed by atoms with Gasteiger partial charge in [-0.05, 0) is 38.5 Å². The van der Waals surface area contributed by atoms with Gasteiger partial charge in [-0.2, -0.15) is 0 Å². The van der Waals surface area contributed by atoms with Crippen molar-refractivity contribution in [1.82, 2.24) is 4.90 Å². The van der Waals surface area contributed by atoms with Gasteiger partial charge >= 0.3 is 0 Å². The molecule has 0 spiro atoms. The molecule has 1 heterocycles. The van der Waals surface area contributed by atoms with Gasteiger partial charge in [-0.3, -0.25) is 4.90 Å². The molecule has 1 aliphatic heterocycles. The zero-order valence-electron chi connectivity index (χ0n) is 12.8. The molecule has 2 aromatic carbocycles. The lowest BCUT2D eigenvalue weighted by Crippen LogP contribution is -2.41. The van der Waals surface area contributed by atoms with Gasteiger partial charge in [-0.25, -0.2) is 0 Å². The van der Waals surface area contributed by atoms with Crippen molar-refractivity contribution in [3.8, 4) is 0 Å². The zero-order chi connectivity index (χ0) is 15.7. The molecule has 0 saturated carbocycles. The minimum atomic E-state index is -0.764. The van der Waals surface area contributed by atoms with Crippen LogP contribution in [0.15, 0.2) is 59.8 Å². The van der Waals surface area contributed by atoms with Gasteiger partial charge in [0, 0.05) is 18.5 Å². The highest BCUT2D eigenvalue weighted by Gasteiger charge is 2.48. The maximum absolute atomic E-state index is 6.00. The van der Waals surface area contributed by atoms with Crippen LogP contribution >= 0.6 is 19.5 Å². The Labute approximate surface area is 137 Å². The summed E-state index contributed by atoms with van der Waals surface area (Å²) < 4.78 is 0. The predicted molar refractivity (Wildman–Crippen MR) is 94.2 cm³/mol. The smallest absolute Gasteiger partial charge is 0.215 e. The van der Waals surface area contributed by atoms with Crippen LogP contribution in [0, 0.1) is 0 Å². The van der Waals surface area contributed by atoms with E-state index in [1.165, 1.54) is 5.30 Å². The number of nitrogens with zero attached hydrogens (tertiary/aromatic N) is 2. The summed E-state index contributed by atoms with van der Waals surface area (Å²) in [5.41, 5.74) is 1.60. The second-order valence-electron chi connectivity index (χ2n) is 5.51. The first-order chi connectivity index (χ1) is 10.5. The van der Waals surface area contributed by atoms with E-state index in [1.54, 1.807) is 0 Å². The molecule has 0 bridgehead atoms. The van der Waals surface area contributed by atoms with E-state index >= 15 is 0 Å². The number of oxime groups is 1. The normalized spacial score (nSPS) is 24.2. The molecule has 2 aromatic rings. The number of hydrogen-bond acceptors (Lipinski definition) is 3. The fourth-order valence-electron chi connectivity index (χ4n) is 2.41. The van der Waals surface area contributed by atoms with Gasteiger partial charge in [-0.15, -0.1) is 0 Å². The van der Waals surface area contributed by atoms with Crippen molar-refractivity contribution in [2.75, 3.05) is 14.1 Å². The van der Waals surface area contributed by atoms with Crippen LogP contribution in [0.3, 0.4) is 0 Å². The molecular formula is C17H18ClN2OP. The Balaban J connectivity index is 2.08. The van der Waals surface area contributed by atoms with Crippen LogP contribution in [0.25, 0.3) is 0 Å². The summed E-state index contributed by atoms with van der Waals surface area (Å²) in [7, 11) is 3.29. The van der Waals surface area contributed by atoms with Crippen LogP contribution in [0.1, 0.15) is 12.5 Å². The third-order valence-electron chi connectivity index (χ3n) is 3.88. The first-order valence-corrected chi connectivity index (χ1v) is 8.79. The fourth-order valence-corrected chi connectivity index (χ4v) is 5.17. The molecule has 0 unspecified atom stereocenters. The average Bonchev–Trinajstić information content (AvgIpc) is 2.88. The van der Waals surface area contributed by atoms with E-state index in [-0.39, 0.29) is 0 Å². The molecule has 0 aromatic heterocycles. The summed E-state index contributed by atoms with van der Waals surface area (Å²) in [6.45, 7) is 2.10. The summed E-state index contributed by atoms with van der Waals surface area (Å²) in [5, 5.41) is 6.40. The molecule has 5 heteroatoms. The molecule has 0 aliphatic carbocycles. The van der Waals surface area contributed by atoms with Gasteiger partial charge in [-0.1, -0.05) is 59.2 Å². The molecule has 1 aliphatic rings. The first kappa shape index (κ1) is 15.5. The molecule has 0 N–H and O–H groups in total. The molecule has 114 valence electrons. The van der Waals surface area contributed by atoms with E-state index in [0.717, 1.165) is 16.0 Å². The maximum Gasteiger partial charge on any atom is 0.215 e.